The molecule has 1 aliphatic rings. The van der Waals surface area contributed by atoms with Crippen LogP contribution in [0.2, 0.25) is 10.0 Å². The van der Waals surface area contributed by atoms with Gasteiger partial charge in [0.15, 0.2) is 0 Å². The highest BCUT2D eigenvalue weighted by molar-refractivity contribution is 7.92. The molecule has 1 atom stereocenters. The molecular weight excluding hydrogens is 593 g/mol. The maximum Gasteiger partial charge on any atom is 0.264 e. The second-order valence-corrected chi connectivity index (χ2v) is 13.5. The van der Waals surface area contributed by atoms with Gasteiger partial charge in [-0.25, -0.2) is 8.42 Å². The quantitative estimate of drug-likeness (QED) is 0.256. The van der Waals surface area contributed by atoms with Gasteiger partial charge in [0.2, 0.25) is 11.8 Å². The summed E-state index contributed by atoms with van der Waals surface area (Å²) >= 11 is 12.8. The molecule has 224 valence electrons. The molecule has 0 aromatic heterocycles. The second-order valence-electron chi connectivity index (χ2n) is 10.8. The number of carbonyl (C=O) groups excluding carboxylic acids is 2. The molecule has 4 rings (SSSR count). The lowest BCUT2D eigenvalue weighted by Crippen LogP contribution is -2.53. The Morgan fingerprint density at radius 3 is 2.12 bits per heavy atom. The Kier molecular flexibility index (Phi) is 10.6. The van der Waals surface area contributed by atoms with E-state index >= 15 is 0 Å². The molecule has 0 saturated heterocycles. The molecule has 7 nitrogen and oxygen atoms in total. The van der Waals surface area contributed by atoms with Crippen LogP contribution in [0, 0.1) is 13.8 Å². The SMILES string of the molecule is CC[C@H](C(=O)NC1CCCC1)N(Cc1ccc(C)cc1)C(=O)CN(c1cccc(Cl)c1Cl)S(=O)(=O)c1ccc(C)cc1. The standard InChI is InChI=1S/C32H37Cl2N3O4S/c1-4-28(32(39)35-25-8-5-6-9-25)36(20-24-16-12-22(2)13-17-24)30(38)21-37(29-11-7-10-27(33)31(29)34)42(40,41)26-18-14-23(3)15-19-26/h7,10-19,25,28H,4-6,8-9,20-21H2,1-3H3,(H,35,39)/t28-/m1/s1. The largest absolute Gasteiger partial charge is 0.352 e. The Hall–Kier alpha value is -3.07. The molecule has 1 fully saturated rings. The van der Waals surface area contributed by atoms with Crippen LogP contribution in [0.5, 0.6) is 0 Å². The number of nitrogens with zero attached hydrogens (tertiary/aromatic N) is 2. The van der Waals surface area contributed by atoms with Crippen LogP contribution >= 0.6 is 23.2 Å². The molecule has 1 aliphatic carbocycles. The molecule has 1 N–H and O–H groups in total. The Balaban J connectivity index is 1.74. The number of aryl methyl sites for hydroxylation is 2. The molecule has 0 aliphatic heterocycles. The first-order valence-corrected chi connectivity index (χ1v) is 16.4. The van der Waals surface area contributed by atoms with Gasteiger partial charge in [-0.1, -0.05) is 96.6 Å². The van der Waals surface area contributed by atoms with Crippen LogP contribution in [-0.4, -0.2) is 43.8 Å². The molecule has 3 aromatic carbocycles. The number of carbonyl (C=O) groups is 2. The van der Waals surface area contributed by atoms with Crippen molar-refractivity contribution in [2.45, 2.75) is 76.4 Å². The molecule has 0 unspecified atom stereocenters. The summed E-state index contributed by atoms with van der Waals surface area (Å²) < 4.78 is 29.1. The molecule has 1 saturated carbocycles. The van der Waals surface area contributed by atoms with Crippen molar-refractivity contribution in [2.75, 3.05) is 10.8 Å². The van der Waals surface area contributed by atoms with Crippen molar-refractivity contribution in [3.63, 3.8) is 0 Å². The van der Waals surface area contributed by atoms with Gasteiger partial charge < -0.3 is 10.2 Å². The molecule has 0 heterocycles. The van der Waals surface area contributed by atoms with E-state index in [9.17, 15) is 18.0 Å². The zero-order valence-corrected chi connectivity index (χ0v) is 26.5. The van der Waals surface area contributed by atoms with Crippen molar-refractivity contribution in [3.05, 3.63) is 93.5 Å². The van der Waals surface area contributed by atoms with E-state index < -0.39 is 28.5 Å². The monoisotopic (exact) mass is 629 g/mol. The van der Waals surface area contributed by atoms with Crippen LogP contribution in [0.4, 0.5) is 5.69 Å². The number of halogens is 2. The number of anilines is 1. The number of sulfonamides is 1. The second kappa shape index (κ2) is 13.9. The van der Waals surface area contributed by atoms with Crippen molar-refractivity contribution in [1.29, 1.82) is 0 Å². The minimum atomic E-state index is -4.25. The summed E-state index contributed by atoms with van der Waals surface area (Å²) in [5.74, 6) is -0.769. The van der Waals surface area contributed by atoms with Crippen molar-refractivity contribution in [1.82, 2.24) is 10.2 Å². The van der Waals surface area contributed by atoms with E-state index in [1.54, 1.807) is 24.3 Å². The number of nitrogens with one attached hydrogen (secondary N) is 1. The van der Waals surface area contributed by atoms with Gasteiger partial charge in [0.05, 0.1) is 20.6 Å². The Morgan fingerprint density at radius 2 is 1.52 bits per heavy atom. The van der Waals surface area contributed by atoms with Gasteiger partial charge in [0, 0.05) is 12.6 Å². The van der Waals surface area contributed by atoms with Crippen molar-refractivity contribution in [3.8, 4) is 0 Å². The first-order chi connectivity index (χ1) is 20.0. The number of hydrogen-bond donors (Lipinski definition) is 1. The van der Waals surface area contributed by atoms with Gasteiger partial charge in [-0.2, -0.15) is 0 Å². The molecule has 0 bridgehead atoms. The number of benzene rings is 3. The van der Waals surface area contributed by atoms with E-state index in [4.69, 9.17) is 23.2 Å². The maximum atomic E-state index is 14.2. The van der Waals surface area contributed by atoms with Crippen LogP contribution in [0.15, 0.2) is 71.6 Å². The fourth-order valence-electron chi connectivity index (χ4n) is 5.21. The molecule has 3 aromatic rings. The van der Waals surface area contributed by atoms with Gasteiger partial charge in [0.1, 0.15) is 12.6 Å². The minimum absolute atomic E-state index is 0.00745. The van der Waals surface area contributed by atoms with Gasteiger partial charge >= 0.3 is 0 Å². The first kappa shape index (κ1) is 31.9. The normalized spacial score (nSPS) is 14.4. The average Bonchev–Trinajstić information content (AvgIpc) is 3.47. The highest BCUT2D eigenvalue weighted by Crippen LogP contribution is 2.35. The highest BCUT2D eigenvalue weighted by Gasteiger charge is 2.35. The van der Waals surface area contributed by atoms with Gasteiger partial charge in [-0.15, -0.1) is 0 Å². The molecule has 10 heteroatoms. The van der Waals surface area contributed by atoms with Crippen LogP contribution in [0.25, 0.3) is 0 Å². The van der Waals surface area contributed by atoms with E-state index in [-0.39, 0.29) is 39.1 Å². The lowest BCUT2D eigenvalue weighted by Gasteiger charge is -2.34. The third-order valence-corrected chi connectivity index (χ3v) is 10.2. The lowest BCUT2D eigenvalue weighted by molar-refractivity contribution is -0.140. The first-order valence-electron chi connectivity index (χ1n) is 14.2. The molecule has 0 radical (unpaired) electrons. The fraction of sp³-hybridized carbons (Fsp3) is 0.375. The van der Waals surface area contributed by atoms with E-state index in [1.807, 2.05) is 45.0 Å². The lowest BCUT2D eigenvalue weighted by atomic mass is 10.1. The summed E-state index contributed by atoms with van der Waals surface area (Å²) in [5.41, 5.74) is 2.86. The van der Waals surface area contributed by atoms with Crippen molar-refractivity contribution >= 4 is 50.7 Å². The predicted octanol–water partition coefficient (Wildman–Crippen LogP) is 6.67. The number of amides is 2. The van der Waals surface area contributed by atoms with Gasteiger partial charge in [-0.3, -0.25) is 13.9 Å². The van der Waals surface area contributed by atoms with Crippen LogP contribution in [-0.2, 0) is 26.2 Å². The van der Waals surface area contributed by atoms with Crippen LogP contribution in [0.1, 0.15) is 55.7 Å². The Labute approximate surface area is 258 Å². The average molecular weight is 631 g/mol. The third kappa shape index (κ3) is 7.46. The van der Waals surface area contributed by atoms with E-state index in [0.29, 0.717) is 6.42 Å². The van der Waals surface area contributed by atoms with Crippen LogP contribution in [0.3, 0.4) is 0 Å². The topological polar surface area (TPSA) is 86.8 Å². The summed E-state index contributed by atoms with van der Waals surface area (Å²) in [5, 5.41) is 3.29. The predicted molar refractivity (Wildman–Crippen MR) is 168 cm³/mol. The minimum Gasteiger partial charge on any atom is -0.352 e. The number of rotatable bonds is 11. The van der Waals surface area contributed by atoms with E-state index in [2.05, 4.69) is 5.32 Å². The number of hydrogen-bond acceptors (Lipinski definition) is 4. The van der Waals surface area contributed by atoms with E-state index in [1.165, 1.54) is 23.1 Å². The third-order valence-electron chi connectivity index (χ3n) is 7.65. The molecular formula is C32H37Cl2N3O4S. The molecule has 2 amide bonds. The smallest absolute Gasteiger partial charge is 0.264 e. The van der Waals surface area contributed by atoms with E-state index in [0.717, 1.165) is 46.7 Å². The van der Waals surface area contributed by atoms with Crippen molar-refractivity contribution < 1.29 is 18.0 Å². The van der Waals surface area contributed by atoms with Gasteiger partial charge in [-0.05, 0) is 62.9 Å². The van der Waals surface area contributed by atoms with Crippen molar-refractivity contribution in [2.24, 2.45) is 0 Å². The summed E-state index contributed by atoms with van der Waals surface area (Å²) in [6, 6.07) is 18.0. The van der Waals surface area contributed by atoms with Gasteiger partial charge in [0.25, 0.3) is 10.0 Å². The maximum absolute atomic E-state index is 14.2. The highest BCUT2D eigenvalue weighted by atomic mass is 35.5. The summed E-state index contributed by atoms with van der Waals surface area (Å²) in [6.45, 7) is 5.24. The summed E-state index contributed by atoms with van der Waals surface area (Å²) in [7, 11) is -4.25. The zero-order valence-electron chi connectivity index (χ0n) is 24.1. The summed E-state index contributed by atoms with van der Waals surface area (Å²) in [4.78, 5) is 29.3. The Morgan fingerprint density at radius 1 is 0.929 bits per heavy atom. The summed E-state index contributed by atoms with van der Waals surface area (Å²) in [6.07, 6.45) is 4.28. The zero-order chi connectivity index (χ0) is 30.4. The Bertz CT molecular complexity index is 1510. The fourth-order valence-corrected chi connectivity index (χ4v) is 7.09. The molecule has 0 spiro atoms. The molecule has 42 heavy (non-hydrogen) atoms. The van der Waals surface area contributed by atoms with Crippen LogP contribution < -0.4 is 9.62 Å².